The number of piperidine rings is 1. The lowest BCUT2D eigenvalue weighted by Gasteiger charge is -2.03. The van der Waals surface area contributed by atoms with E-state index in [0.29, 0.717) is 18.4 Å². The highest BCUT2D eigenvalue weighted by molar-refractivity contribution is 5.76. The van der Waals surface area contributed by atoms with Gasteiger partial charge >= 0.3 is 5.97 Å². The van der Waals surface area contributed by atoms with E-state index in [-0.39, 0.29) is 11.9 Å². The molecular formula is C8H13NO2. The van der Waals surface area contributed by atoms with Crippen LogP contribution in [0.4, 0.5) is 0 Å². The molecule has 2 aliphatic rings. The fourth-order valence-electron chi connectivity index (χ4n) is 2.01. The van der Waals surface area contributed by atoms with Gasteiger partial charge < -0.3 is 10.1 Å². The zero-order valence-electron chi connectivity index (χ0n) is 6.67. The predicted octanol–water partition coefficient (Wildman–Crippen LogP) is 0.0149. The Morgan fingerprint density at radius 3 is 2.73 bits per heavy atom. The molecule has 1 saturated carbocycles. The summed E-state index contributed by atoms with van der Waals surface area (Å²) < 4.78 is 4.94. The molecule has 0 amide bonds. The highest BCUT2D eigenvalue weighted by Crippen LogP contribution is 2.49. The summed E-state index contributed by atoms with van der Waals surface area (Å²) in [5, 5.41) is 3.24. The number of esters is 1. The first-order valence-electron chi connectivity index (χ1n) is 4.22. The van der Waals surface area contributed by atoms with E-state index >= 15 is 0 Å². The number of hydrogen-bond acceptors (Lipinski definition) is 3. The van der Waals surface area contributed by atoms with Crippen molar-refractivity contribution in [2.45, 2.75) is 6.92 Å². The average Bonchev–Trinajstić information content (AvgIpc) is 2.47. The smallest absolute Gasteiger partial charge is 0.309 e. The molecule has 0 spiro atoms. The van der Waals surface area contributed by atoms with Crippen molar-refractivity contribution in [3.63, 3.8) is 0 Å². The Balaban J connectivity index is 1.85. The van der Waals surface area contributed by atoms with Gasteiger partial charge in [-0.2, -0.15) is 0 Å². The van der Waals surface area contributed by atoms with E-state index in [1.807, 2.05) is 6.92 Å². The van der Waals surface area contributed by atoms with E-state index < -0.39 is 0 Å². The topological polar surface area (TPSA) is 38.3 Å². The minimum absolute atomic E-state index is 0.0176. The summed E-state index contributed by atoms with van der Waals surface area (Å²) in [6.45, 7) is 4.39. The first kappa shape index (κ1) is 7.10. The number of carbonyl (C=O) groups is 1. The highest BCUT2D eigenvalue weighted by Gasteiger charge is 2.57. The molecular weight excluding hydrogens is 142 g/mol. The maximum Gasteiger partial charge on any atom is 0.309 e. The van der Waals surface area contributed by atoms with Gasteiger partial charge in [0.2, 0.25) is 0 Å². The largest absolute Gasteiger partial charge is 0.466 e. The van der Waals surface area contributed by atoms with Gasteiger partial charge in [0, 0.05) is 0 Å². The third-order valence-electron chi connectivity index (χ3n) is 2.65. The van der Waals surface area contributed by atoms with Crippen molar-refractivity contribution in [3.8, 4) is 0 Å². The molecule has 0 aromatic rings. The normalized spacial score (nSPS) is 39.9. The second-order valence-electron chi connectivity index (χ2n) is 3.26. The molecule has 3 nitrogen and oxygen atoms in total. The summed E-state index contributed by atoms with van der Waals surface area (Å²) >= 11 is 0. The van der Waals surface area contributed by atoms with E-state index in [4.69, 9.17) is 4.74 Å². The summed E-state index contributed by atoms with van der Waals surface area (Å²) in [4.78, 5) is 11.2. The Morgan fingerprint density at radius 2 is 2.18 bits per heavy atom. The summed E-state index contributed by atoms with van der Waals surface area (Å²) in [6.07, 6.45) is 0. The molecule has 0 aromatic heterocycles. The van der Waals surface area contributed by atoms with Crippen molar-refractivity contribution in [2.75, 3.05) is 19.7 Å². The van der Waals surface area contributed by atoms with Gasteiger partial charge in [-0.3, -0.25) is 4.79 Å². The first-order chi connectivity index (χ1) is 5.34. The number of carbonyl (C=O) groups excluding carboxylic acids is 1. The van der Waals surface area contributed by atoms with Gasteiger partial charge in [0.1, 0.15) is 0 Å². The summed E-state index contributed by atoms with van der Waals surface area (Å²) in [6, 6.07) is 0. The van der Waals surface area contributed by atoms with Crippen LogP contribution in [0.3, 0.4) is 0 Å². The number of hydrogen-bond donors (Lipinski definition) is 1. The molecule has 0 aromatic carbocycles. The Hall–Kier alpha value is -0.570. The van der Waals surface area contributed by atoms with Gasteiger partial charge in [-0.25, -0.2) is 0 Å². The third-order valence-corrected chi connectivity index (χ3v) is 2.65. The first-order valence-corrected chi connectivity index (χ1v) is 4.22. The van der Waals surface area contributed by atoms with Crippen molar-refractivity contribution in [2.24, 2.45) is 17.8 Å². The number of rotatable bonds is 2. The van der Waals surface area contributed by atoms with Gasteiger partial charge in [0.25, 0.3) is 0 Å². The van der Waals surface area contributed by atoms with Gasteiger partial charge in [-0.1, -0.05) is 0 Å². The van der Waals surface area contributed by atoms with Gasteiger partial charge in [0.05, 0.1) is 12.5 Å². The molecule has 2 fully saturated rings. The lowest BCUT2D eigenvalue weighted by Crippen LogP contribution is -2.20. The van der Waals surface area contributed by atoms with Crippen LogP contribution in [0.25, 0.3) is 0 Å². The molecule has 1 saturated heterocycles. The van der Waals surface area contributed by atoms with E-state index in [9.17, 15) is 4.79 Å². The molecule has 1 heterocycles. The lowest BCUT2D eigenvalue weighted by molar-refractivity contribution is -0.145. The van der Waals surface area contributed by atoms with E-state index in [0.717, 1.165) is 13.1 Å². The molecule has 2 rings (SSSR count). The zero-order valence-corrected chi connectivity index (χ0v) is 6.67. The van der Waals surface area contributed by atoms with E-state index in [1.54, 1.807) is 0 Å². The van der Waals surface area contributed by atoms with Crippen molar-refractivity contribution < 1.29 is 9.53 Å². The molecule has 1 aliphatic carbocycles. The zero-order chi connectivity index (χ0) is 7.84. The van der Waals surface area contributed by atoms with Gasteiger partial charge in [-0.15, -0.1) is 0 Å². The summed E-state index contributed by atoms with van der Waals surface area (Å²) in [5.41, 5.74) is 0. The fraction of sp³-hybridized carbons (Fsp3) is 0.875. The molecule has 11 heavy (non-hydrogen) atoms. The van der Waals surface area contributed by atoms with Gasteiger partial charge in [0.15, 0.2) is 0 Å². The summed E-state index contributed by atoms with van der Waals surface area (Å²) in [5.74, 6) is 1.43. The molecule has 1 aliphatic heterocycles. The highest BCUT2D eigenvalue weighted by atomic mass is 16.5. The quantitative estimate of drug-likeness (QED) is 0.571. The maximum absolute atomic E-state index is 11.2. The van der Waals surface area contributed by atoms with E-state index in [2.05, 4.69) is 5.32 Å². The van der Waals surface area contributed by atoms with Crippen molar-refractivity contribution in [3.05, 3.63) is 0 Å². The van der Waals surface area contributed by atoms with Crippen LogP contribution in [0.2, 0.25) is 0 Å². The average molecular weight is 155 g/mol. The number of fused-ring (bicyclic) bond motifs is 1. The second kappa shape index (κ2) is 2.48. The molecule has 0 radical (unpaired) electrons. The Bertz CT molecular complexity index is 171. The minimum atomic E-state index is 0.0176. The maximum atomic E-state index is 11.2. The van der Waals surface area contributed by atoms with Crippen molar-refractivity contribution in [1.82, 2.24) is 5.32 Å². The predicted molar refractivity (Wildman–Crippen MR) is 40.0 cm³/mol. The van der Waals surface area contributed by atoms with Crippen LogP contribution in [-0.4, -0.2) is 25.7 Å². The number of ether oxygens (including phenoxy) is 1. The third kappa shape index (κ3) is 1.03. The Kier molecular flexibility index (Phi) is 1.60. The number of nitrogens with one attached hydrogen (secondary N) is 1. The van der Waals surface area contributed by atoms with Crippen LogP contribution in [0.1, 0.15) is 6.92 Å². The van der Waals surface area contributed by atoms with Crippen LogP contribution in [-0.2, 0) is 9.53 Å². The van der Waals surface area contributed by atoms with E-state index in [1.165, 1.54) is 0 Å². The van der Waals surface area contributed by atoms with Gasteiger partial charge in [-0.05, 0) is 31.8 Å². The molecule has 2 atom stereocenters. The Labute approximate surface area is 66.1 Å². The fourth-order valence-corrected chi connectivity index (χ4v) is 2.01. The van der Waals surface area contributed by atoms with Crippen molar-refractivity contribution >= 4 is 5.97 Å². The van der Waals surface area contributed by atoms with Crippen LogP contribution >= 0.6 is 0 Å². The summed E-state index contributed by atoms with van der Waals surface area (Å²) in [7, 11) is 0. The SMILES string of the molecule is CCOC(=O)C1[C@H]2CNC[C@H]12. The van der Waals surface area contributed by atoms with Crippen molar-refractivity contribution in [1.29, 1.82) is 0 Å². The monoisotopic (exact) mass is 155 g/mol. The van der Waals surface area contributed by atoms with Crippen LogP contribution in [0.5, 0.6) is 0 Å². The van der Waals surface area contributed by atoms with Crippen LogP contribution in [0, 0.1) is 17.8 Å². The minimum Gasteiger partial charge on any atom is -0.466 e. The van der Waals surface area contributed by atoms with Crippen LogP contribution in [0.15, 0.2) is 0 Å². The lowest BCUT2D eigenvalue weighted by atomic mass is 10.3. The van der Waals surface area contributed by atoms with Crippen LogP contribution < -0.4 is 5.32 Å². The molecule has 0 bridgehead atoms. The molecule has 3 heteroatoms. The Morgan fingerprint density at radius 1 is 1.55 bits per heavy atom. The second-order valence-corrected chi connectivity index (χ2v) is 3.26. The molecule has 1 N–H and O–H groups in total. The molecule has 62 valence electrons. The molecule has 0 unspecified atom stereocenters. The standard InChI is InChI=1S/C8H13NO2/c1-2-11-8(10)7-5-3-9-4-6(5)7/h5-7,9H,2-4H2,1H3/t5-,6-/m0/s1.